The van der Waals surface area contributed by atoms with E-state index in [2.05, 4.69) is 195 Å². The summed E-state index contributed by atoms with van der Waals surface area (Å²) in [6.07, 6.45) is 13.9. The molecule has 0 aliphatic carbocycles. The van der Waals surface area contributed by atoms with Crippen LogP contribution in [-0.2, 0) is 0 Å². The SMILES string of the molecule is CN(C)CCOc1ccc(/C(=C(/CCCCCCCCCCC[P+](c2ccccc2)(c2ccccc2)c2ccccc2)c2ccccc2)c2ccccc2)cc1. The molecule has 0 saturated heterocycles. The molecule has 0 N–H and O–H groups in total. The van der Waals surface area contributed by atoms with Crippen LogP contribution in [0.15, 0.2) is 176 Å². The summed E-state index contributed by atoms with van der Waals surface area (Å²) in [7, 11) is 2.43. The van der Waals surface area contributed by atoms with Crippen LogP contribution < -0.4 is 20.7 Å². The topological polar surface area (TPSA) is 12.5 Å². The summed E-state index contributed by atoms with van der Waals surface area (Å²) in [5, 5.41) is 4.49. The Balaban J connectivity index is 1.03. The monoisotopic (exact) mass is 758 g/mol. The lowest BCUT2D eigenvalue weighted by molar-refractivity contribution is 0.261. The van der Waals surface area contributed by atoms with Crippen molar-refractivity contribution in [1.82, 2.24) is 4.90 Å². The van der Waals surface area contributed by atoms with Crippen LogP contribution in [0.5, 0.6) is 5.75 Å². The van der Waals surface area contributed by atoms with Gasteiger partial charge in [0.1, 0.15) is 35.5 Å². The van der Waals surface area contributed by atoms with Gasteiger partial charge >= 0.3 is 0 Å². The van der Waals surface area contributed by atoms with Crippen molar-refractivity contribution in [3.63, 3.8) is 0 Å². The van der Waals surface area contributed by atoms with Crippen molar-refractivity contribution in [2.45, 2.75) is 64.2 Å². The molecule has 0 amide bonds. The van der Waals surface area contributed by atoms with Crippen molar-refractivity contribution in [3.8, 4) is 5.75 Å². The average molecular weight is 759 g/mol. The Hall–Kier alpha value is -4.75. The molecule has 6 aromatic rings. The van der Waals surface area contributed by atoms with Crippen LogP contribution in [0.3, 0.4) is 0 Å². The van der Waals surface area contributed by atoms with Gasteiger partial charge in [0.15, 0.2) is 0 Å². The van der Waals surface area contributed by atoms with Crippen molar-refractivity contribution in [3.05, 3.63) is 193 Å². The van der Waals surface area contributed by atoms with Gasteiger partial charge < -0.3 is 9.64 Å². The number of likely N-dealkylation sites (N-methyl/N-ethyl adjacent to an activating group) is 1. The highest BCUT2D eigenvalue weighted by atomic mass is 31.2. The third-order valence-corrected chi connectivity index (χ3v) is 15.5. The molecule has 0 radical (unpaired) electrons. The molecule has 0 aromatic heterocycles. The van der Waals surface area contributed by atoms with Crippen LogP contribution in [0.25, 0.3) is 11.1 Å². The Labute approximate surface area is 338 Å². The second-order valence-corrected chi connectivity index (χ2v) is 18.8. The Morgan fingerprint density at radius 1 is 0.429 bits per heavy atom. The van der Waals surface area contributed by atoms with Crippen molar-refractivity contribution in [1.29, 1.82) is 0 Å². The van der Waals surface area contributed by atoms with Gasteiger partial charge in [-0.05, 0) is 116 Å². The van der Waals surface area contributed by atoms with Gasteiger partial charge in [-0.1, -0.05) is 166 Å². The van der Waals surface area contributed by atoms with Gasteiger partial charge in [0.25, 0.3) is 0 Å². The maximum Gasteiger partial charge on any atom is 0.119 e. The van der Waals surface area contributed by atoms with E-state index >= 15 is 0 Å². The normalized spacial score (nSPS) is 12.1. The van der Waals surface area contributed by atoms with Crippen molar-refractivity contribution in [2.24, 2.45) is 0 Å². The first-order valence-electron chi connectivity index (χ1n) is 20.9. The second kappa shape index (κ2) is 22.1. The molecule has 0 atom stereocenters. The predicted molar refractivity (Wildman–Crippen MR) is 245 cm³/mol. The van der Waals surface area contributed by atoms with Crippen LogP contribution >= 0.6 is 7.26 Å². The van der Waals surface area contributed by atoms with Gasteiger partial charge in [-0.3, -0.25) is 0 Å². The summed E-state index contributed by atoms with van der Waals surface area (Å²) in [6, 6.07) is 64.7. The lowest BCUT2D eigenvalue weighted by atomic mass is 9.86. The largest absolute Gasteiger partial charge is 0.492 e. The van der Waals surface area contributed by atoms with Crippen LogP contribution in [0, 0.1) is 0 Å². The minimum Gasteiger partial charge on any atom is -0.492 e. The van der Waals surface area contributed by atoms with E-state index in [1.807, 2.05) is 0 Å². The summed E-state index contributed by atoms with van der Waals surface area (Å²) in [4.78, 5) is 2.15. The number of allylic oxidation sites excluding steroid dienone is 1. The Morgan fingerprint density at radius 2 is 0.821 bits per heavy atom. The van der Waals surface area contributed by atoms with E-state index in [1.165, 1.54) is 108 Å². The van der Waals surface area contributed by atoms with Crippen molar-refractivity contribution < 1.29 is 4.74 Å². The fraction of sp³-hybridized carbons (Fsp3) is 0.283. The second-order valence-electron chi connectivity index (χ2n) is 15.2. The van der Waals surface area contributed by atoms with Crippen molar-refractivity contribution >= 4 is 34.3 Å². The molecule has 56 heavy (non-hydrogen) atoms. The fourth-order valence-corrected chi connectivity index (χ4v) is 12.4. The zero-order valence-corrected chi connectivity index (χ0v) is 34.6. The highest BCUT2D eigenvalue weighted by molar-refractivity contribution is 7.95. The third-order valence-electron chi connectivity index (χ3n) is 10.9. The van der Waals surface area contributed by atoms with E-state index in [9.17, 15) is 0 Å². The summed E-state index contributed by atoms with van der Waals surface area (Å²) in [5.74, 6) is 0.922. The Morgan fingerprint density at radius 3 is 1.29 bits per heavy atom. The smallest absolute Gasteiger partial charge is 0.119 e. The maximum atomic E-state index is 6.05. The Kier molecular flexibility index (Phi) is 16.1. The van der Waals surface area contributed by atoms with E-state index in [1.54, 1.807) is 0 Å². The first-order chi connectivity index (χ1) is 27.6. The van der Waals surface area contributed by atoms with Gasteiger partial charge in [-0.25, -0.2) is 0 Å². The first kappa shape index (κ1) is 40.9. The summed E-state index contributed by atoms with van der Waals surface area (Å²) in [6.45, 7) is 1.58. The molecule has 6 aromatic carbocycles. The zero-order valence-electron chi connectivity index (χ0n) is 33.7. The number of ether oxygens (including phenoxy) is 1. The number of hydrogen-bond donors (Lipinski definition) is 0. The summed E-state index contributed by atoms with van der Waals surface area (Å²) < 4.78 is 6.05. The molecule has 0 aliphatic rings. The molecular formula is C53H61NOP+. The van der Waals surface area contributed by atoms with E-state index in [0.29, 0.717) is 6.61 Å². The molecule has 0 aliphatic heterocycles. The standard InChI is InChI=1S/C53H61NOP/c1-54(2)42-43-55-48-40-38-47(39-41-48)53(46-29-17-11-18-30-46)52(45-27-15-10-16-28-45)37-25-8-6-4-3-5-7-9-26-44-56(49-31-19-12-20-32-49,50-33-21-13-22-34-50)51-35-23-14-24-36-51/h10-24,27-36,38-41H,3-9,25-26,37,42-44H2,1-2H3/q+1/b53-52-. The molecule has 0 fully saturated rings. The lowest BCUT2D eigenvalue weighted by Gasteiger charge is -2.27. The van der Waals surface area contributed by atoms with Crippen LogP contribution in [0.2, 0.25) is 0 Å². The van der Waals surface area contributed by atoms with Gasteiger partial charge in [-0.2, -0.15) is 0 Å². The molecule has 2 nitrogen and oxygen atoms in total. The van der Waals surface area contributed by atoms with Gasteiger partial charge in [-0.15, -0.1) is 0 Å². The maximum absolute atomic E-state index is 6.05. The Bertz CT molecular complexity index is 1900. The van der Waals surface area contributed by atoms with E-state index in [4.69, 9.17) is 4.74 Å². The fourth-order valence-electron chi connectivity index (χ4n) is 8.01. The minimum atomic E-state index is -1.73. The van der Waals surface area contributed by atoms with Crippen LogP contribution in [-0.4, -0.2) is 38.3 Å². The van der Waals surface area contributed by atoms with Gasteiger partial charge in [0.2, 0.25) is 0 Å². The zero-order chi connectivity index (χ0) is 38.7. The summed E-state index contributed by atoms with van der Waals surface area (Å²) >= 11 is 0. The van der Waals surface area contributed by atoms with Crippen molar-refractivity contribution in [2.75, 3.05) is 33.4 Å². The highest BCUT2D eigenvalue weighted by Gasteiger charge is 2.44. The molecule has 0 unspecified atom stereocenters. The molecule has 3 heteroatoms. The molecule has 288 valence electrons. The molecule has 0 bridgehead atoms. The molecule has 0 spiro atoms. The van der Waals surface area contributed by atoms with E-state index in [0.717, 1.165) is 18.7 Å². The number of unbranched alkanes of at least 4 members (excludes halogenated alkanes) is 8. The number of benzene rings is 6. The molecule has 0 heterocycles. The van der Waals surface area contributed by atoms with Gasteiger partial charge in [0, 0.05) is 6.54 Å². The van der Waals surface area contributed by atoms with Crippen LogP contribution in [0.1, 0.15) is 80.9 Å². The minimum absolute atomic E-state index is 0.684. The highest BCUT2D eigenvalue weighted by Crippen LogP contribution is 2.56. The summed E-state index contributed by atoms with van der Waals surface area (Å²) in [5.41, 5.74) is 6.58. The molecule has 6 rings (SSSR count). The van der Waals surface area contributed by atoms with Crippen LogP contribution in [0.4, 0.5) is 0 Å². The number of nitrogens with zero attached hydrogens (tertiary/aromatic N) is 1. The van der Waals surface area contributed by atoms with E-state index in [-0.39, 0.29) is 0 Å². The third kappa shape index (κ3) is 11.4. The number of rotatable bonds is 22. The quantitative estimate of drug-likeness (QED) is 0.0388. The van der Waals surface area contributed by atoms with Gasteiger partial charge in [0.05, 0.1) is 6.16 Å². The average Bonchev–Trinajstić information content (AvgIpc) is 3.25. The predicted octanol–water partition coefficient (Wildman–Crippen LogP) is 12.5. The number of hydrogen-bond acceptors (Lipinski definition) is 2. The first-order valence-corrected chi connectivity index (χ1v) is 22.9. The molecule has 0 saturated carbocycles. The lowest BCUT2D eigenvalue weighted by Crippen LogP contribution is -2.33. The van der Waals surface area contributed by atoms with E-state index < -0.39 is 7.26 Å². The molecular weight excluding hydrogens is 698 g/mol.